The van der Waals surface area contributed by atoms with E-state index >= 15 is 0 Å². The summed E-state index contributed by atoms with van der Waals surface area (Å²) in [6.07, 6.45) is 6.61. The maximum atomic E-state index is 12.8. The molecule has 0 aliphatic carbocycles. The van der Waals surface area contributed by atoms with Gasteiger partial charge in [-0.15, -0.1) is 0 Å². The first-order chi connectivity index (χ1) is 12.3. The summed E-state index contributed by atoms with van der Waals surface area (Å²) in [4.78, 5) is 19.3. The molecule has 0 bridgehead atoms. The third-order valence-electron chi connectivity index (χ3n) is 4.60. The molecule has 2 aromatic rings. The van der Waals surface area contributed by atoms with Gasteiger partial charge in [-0.2, -0.15) is 0 Å². The molecule has 132 valence electrons. The molecule has 1 aliphatic heterocycles. The molecule has 25 heavy (non-hydrogen) atoms. The summed E-state index contributed by atoms with van der Waals surface area (Å²) in [6, 6.07) is 11.6. The first-order valence-corrected chi connectivity index (χ1v) is 8.82. The fraction of sp³-hybridized carbons (Fsp3) is 0.400. The van der Waals surface area contributed by atoms with Gasteiger partial charge in [0, 0.05) is 18.9 Å². The lowest BCUT2D eigenvalue weighted by atomic mass is 10.1. The number of ether oxygens (including phenoxy) is 1. The second-order valence-corrected chi connectivity index (χ2v) is 6.32. The van der Waals surface area contributed by atoms with Crippen LogP contribution in [0, 0.1) is 0 Å². The van der Waals surface area contributed by atoms with Crippen LogP contribution in [0.2, 0.25) is 0 Å². The molecule has 0 radical (unpaired) electrons. The van der Waals surface area contributed by atoms with Crippen molar-refractivity contribution in [3.8, 4) is 5.75 Å². The summed E-state index contributed by atoms with van der Waals surface area (Å²) in [6.45, 7) is 2.53. The predicted molar refractivity (Wildman–Crippen MR) is 97.5 cm³/mol. The van der Waals surface area contributed by atoms with Crippen molar-refractivity contribution in [3.63, 3.8) is 0 Å². The third kappa shape index (κ3) is 4.57. The number of benzene rings is 1. The second kappa shape index (κ2) is 8.62. The molecule has 5 nitrogen and oxygen atoms in total. The van der Waals surface area contributed by atoms with Crippen LogP contribution in [0.15, 0.2) is 48.8 Å². The van der Waals surface area contributed by atoms with Crippen LogP contribution in [0.5, 0.6) is 5.75 Å². The zero-order chi connectivity index (χ0) is 17.5. The zero-order valence-corrected chi connectivity index (χ0v) is 14.6. The summed E-state index contributed by atoms with van der Waals surface area (Å²) in [5.41, 5.74) is 2.11. The molecular formula is C20H25N3O2. The van der Waals surface area contributed by atoms with Crippen molar-refractivity contribution in [2.45, 2.75) is 25.3 Å². The van der Waals surface area contributed by atoms with Gasteiger partial charge in [-0.1, -0.05) is 18.2 Å². The molecule has 0 saturated carbocycles. The van der Waals surface area contributed by atoms with Gasteiger partial charge < -0.3 is 10.1 Å². The Balaban J connectivity index is 1.62. The maximum Gasteiger partial charge on any atom is 0.242 e. The number of aromatic nitrogens is 1. The lowest BCUT2D eigenvalue weighted by Gasteiger charge is -2.26. The number of carbonyl (C=O) groups excluding carboxylic acids is 1. The van der Waals surface area contributed by atoms with Crippen molar-refractivity contribution in [3.05, 3.63) is 59.9 Å². The number of pyridine rings is 1. The quantitative estimate of drug-likeness (QED) is 0.842. The van der Waals surface area contributed by atoms with E-state index in [0.29, 0.717) is 6.54 Å². The van der Waals surface area contributed by atoms with Crippen LogP contribution < -0.4 is 10.1 Å². The highest BCUT2D eigenvalue weighted by Crippen LogP contribution is 2.24. The fourth-order valence-corrected chi connectivity index (χ4v) is 3.32. The van der Waals surface area contributed by atoms with Crippen LogP contribution in [-0.4, -0.2) is 42.5 Å². The topological polar surface area (TPSA) is 54.5 Å². The highest BCUT2D eigenvalue weighted by molar-refractivity contribution is 5.83. The largest absolute Gasteiger partial charge is 0.497 e. The number of nitrogens with zero attached hydrogens (tertiary/aromatic N) is 2. The summed E-state index contributed by atoms with van der Waals surface area (Å²) in [5.74, 6) is 0.895. The minimum atomic E-state index is -0.249. The molecule has 1 atom stereocenters. The molecule has 1 aromatic carbocycles. The minimum Gasteiger partial charge on any atom is -0.497 e. The molecule has 0 spiro atoms. The Morgan fingerprint density at radius 3 is 2.84 bits per heavy atom. The highest BCUT2D eigenvalue weighted by atomic mass is 16.5. The SMILES string of the molecule is COc1cccc(CCNC(=O)[C@H](c2cccnc2)N2CCCC2)c1. The molecular weight excluding hydrogens is 314 g/mol. The van der Waals surface area contributed by atoms with Crippen LogP contribution in [-0.2, 0) is 11.2 Å². The van der Waals surface area contributed by atoms with Gasteiger partial charge in [0.1, 0.15) is 11.8 Å². The van der Waals surface area contributed by atoms with Gasteiger partial charge >= 0.3 is 0 Å². The van der Waals surface area contributed by atoms with Crippen LogP contribution in [0.1, 0.15) is 30.0 Å². The van der Waals surface area contributed by atoms with Crippen molar-refractivity contribution < 1.29 is 9.53 Å². The van der Waals surface area contributed by atoms with Crippen molar-refractivity contribution in [1.82, 2.24) is 15.2 Å². The molecule has 1 fully saturated rings. The van der Waals surface area contributed by atoms with Crippen molar-refractivity contribution in [2.75, 3.05) is 26.7 Å². The Bertz CT molecular complexity index is 684. The van der Waals surface area contributed by atoms with E-state index in [2.05, 4.69) is 15.2 Å². The van der Waals surface area contributed by atoms with Gasteiger partial charge in [-0.05, 0) is 61.7 Å². The van der Waals surface area contributed by atoms with E-state index in [1.165, 1.54) is 0 Å². The molecule has 1 saturated heterocycles. The van der Waals surface area contributed by atoms with E-state index in [9.17, 15) is 4.79 Å². The number of methoxy groups -OCH3 is 1. The summed E-state index contributed by atoms with van der Waals surface area (Å²) in [5, 5.41) is 3.09. The average molecular weight is 339 g/mol. The molecule has 3 rings (SSSR count). The first-order valence-electron chi connectivity index (χ1n) is 8.82. The fourth-order valence-electron chi connectivity index (χ4n) is 3.32. The Labute approximate surface area is 149 Å². The van der Waals surface area contributed by atoms with Gasteiger partial charge in [0.15, 0.2) is 0 Å². The lowest BCUT2D eigenvalue weighted by Crippen LogP contribution is -2.40. The number of rotatable bonds is 7. The summed E-state index contributed by atoms with van der Waals surface area (Å²) >= 11 is 0. The maximum absolute atomic E-state index is 12.8. The van der Waals surface area contributed by atoms with Crippen molar-refractivity contribution in [2.24, 2.45) is 0 Å². The second-order valence-electron chi connectivity index (χ2n) is 6.32. The van der Waals surface area contributed by atoms with Gasteiger partial charge in [0.05, 0.1) is 7.11 Å². The third-order valence-corrected chi connectivity index (χ3v) is 4.60. The van der Waals surface area contributed by atoms with Gasteiger partial charge in [0.25, 0.3) is 0 Å². The number of hydrogen-bond donors (Lipinski definition) is 1. The highest BCUT2D eigenvalue weighted by Gasteiger charge is 2.29. The Kier molecular flexibility index (Phi) is 6.01. The molecule has 1 aliphatic rings. The Morgan fingerprint density at radius 2 is 2.12 bits per heavy atom. The summed E-state index contributed by atoms with van der Waals surface area (Å²) < 4.78 is 5.24. The van der Waals surface area contributed by atoms with E-state index in [1.54, 1.807) is 19.5 Å². The molecule has 0 unspecified atom stereocenters. The van der Waals surface area contributed by atoms with E-state index in [0.717, 1.165) is 49.2 Å². The minimum absolute atomic E-state index is 0.0535. The van der Waals surface area contributed by atoms with E-state index < -0.39 is 0 Å². The number of carbonyl (C=O) groups is 1. The Morgan fingerprint density at radius 1 is 1.28 bits per heavy atom. The van der Waals surface area contributed by atoms with E-state index in [-0.39, 0.29) is 11.9 Å². The lowest BCUT2D eigenvalue weighted by molar-refractivity contribution is -0.126. The number of nitrogens with one attached hydrogen (secondary N) is 1. The molecule has 1 N–H and O–H groups in total. The molecule has 2 heterocycles. The van der Waals surface area contributed by atoms with Gasteiger partial charge in [-0.25, -0.2) is 0 Å². The average Bonchev–Trinajstić information content (AvgIpc) is 3.17. The van der Waals surface area contributed by atoms with Gasteiger partial charge in [0.2, 0.25) is 5.91 Å². The zero-order valence-electron chi connectivity index (χ0n) is 14.6. The smallest absolute Gasteiger partial charge is 0.242 e. The standard InChI is InChI=1S/C20H25N3O2/c1-25-18-8-4-6-16(14-18)9-11-22-20(24)19(23-12-2-3-13-23)17-7-5-10-21-15-17/h4-8,10,14-15,19H,2-3,9,11-13H2,1H3,(H,22,24)/t19-/m0/s1. The Hall–Kier alpha value is -2.40. The van der Waals surface area contributed by atoms with Crippen molar-refractivity contribution >= 4 is 5.91 Å². The van der Waals surface area contributed by atoms with E-state index in [1.807, 2.05) is 36.4 Å². The summed E-state index contributed by atoms with van der Waals surface area (Å²) in [7, 11) is 1.66. The van der Waals surface area contributed by atoms with Crippen molar-refractivity contribution in [1.29, 1.82) is 0 Å². The van der Waals surface area contributed by atoms with Crippen LogP contribution >= 0.6 is 0 Å². The molecule has 5 heteroatoms. The molecule has 1 amide bonds. The number of hydrogen-bond acceptors (Lipinski definition) is 4. The monoisotopic (exact) mass is 339 g/mol. The van der Waals surface area contributed by atoms with Crippen LogP contribution in [0.25, 0.3) is 0 Å². The van der Waals surface area contributed by atoms with Crippen LogP contribution in [0.3, 0.4) is 0 Å². The van der Waals surface area contributed by atoms with Gasteiger partial charge in [-0.3, -0.25) is 14.7 Å². The predicted octanol–water partition coefficient (Wildman–Crippen LogP) is 2.59. The van der Waals surface area contributed by atoms with E-state index in [4.69, 9.17) is 4.74 Å². The number of amides is 1. The first kappa shape index (κ1) is 17.4. The van der Waals surface area contributed by atoms with Crippen LogP contribution in [0.4, 0.5) is 0 Å². The molecule has 1 aromatic heterocycles. The normalized spacial score (nSPS) is 15.7. The number of likely N-dealkylation sites (tertiary alicyclic amines) is 1.